The monoisotopic (exact) mass is 121 g/mol. The van der Waals surface area contributed by atoms with Gasteiger partial charge in [-0.05, 0) is 13.3 Å². The summed E-state index contributed by atoms with van der Waals surface area (Å²) in [5.41, 5.74) is 5.17. The molecule has 0 aromatic rings. The summed E-state index contributed by atoms with van der Waals surface area (Å²) in [6.45, 7) is 0.921. The van der Waals surface area contributed by atoms with Gasteiger partial charge < -0.3 is 5.73 Å². The van der Waals surface area contributed by atoms with Gasteiger partial charge in [-0.25, -0.2) is 8.78 Å². The Morgan fingerprint density at radius 2 is 2.00 bits per heavy atom. The van der Waals surface area contributed by atoms with Crippen LogP contribution in [-0.2, 0) is 0 Å². The standard InChI is InChI=1S/C5H9F2N/c1-5(6,7)3-2-4(3)8/h3-4H,2,8H2,1H3/t3-,4-/m1/s1. The van der Waals surface area contributed by atoms with Crippen molar-refractivity contribution < 1.29 is 8.78 Å². The van der Waals surface area contributed by atoms with Gasteiger partial charge in [0.1, 0.15) is 0 Å². The molecular weight excluding hydrogens is 112 g/mol. The van der Waals surface area contributed by atoms with Crippen molar-refractivity contribution in [2.45, 2.75) is 25.3 Å². The lowest BCUT2D eigenvalue weighted by Gasteiger charge is -2.06. The Morgan fingerprint density at radius 1 is 1.62 bits per heavy atom. The number of hydrogen-bond acceptors (Lipinski definition) is 1. The molecule has 0 saturated heterocycles. The van der Waals surface area contributed by atoms with Gasteiger partial charge in [0.05, 0.1) is 0 Å². The van der Waals surface area contributed by atoms with Crippen molar-refractivity contribution in [2.75, 3.05) is 0 Å². The van der Waals surface area contributed by atoms with Crippen molar-refractivity contribution in [3.63, 3.8) is 0 Å². The third-order valence-corrected chi connectivity index (χ3v) is 1.49. The van der Waals surface area contributed by atoms with E-state index in [1.165, 1.54) is 0 Å². The number of alkyl halides is 2. The van der Waals surface area contributed by atoms with E-state index < -0.39 is 11.8 Å². The van der Waals surface area contributed by atoms with Crippen molar-refractivity contribution >= 4 is 0 Å². The highest BCUT2D eigenvalue weighted by Gasteiger charge is 2.49. The molecule has 1 nitrogen and oxygen atoms in total. The van der Waals surface area contributed by atoms with Crippen molar-refractivity contribution in [1.82, 2.24) is 0 Å². The summed E-state index contributed by atoms with van der Waals surface area (Å²) in [5, 5.41) is 0. The summed E-state index contributed by atoms with van der Waals surface area (Å²) >= 11 is 0. The molecule has 1 fully saturated rings. The molecular formula is C5H9F2N. The van der Waals surface area contributed by atoms with Gasteiger partial charge in [0.15, 0.2) is 0 Å². The summed E-state index contributed by atoms with van der Waals surface area (Å²) in [7, 11) is 0. The lowest BCUT2D eigenvalue weighted by Crippen LogP contribution is -2.18. The predicted octanol–water partition coefficient (Wildman–Crippen LogP) is 0.989. The van der Waals surface area contributed by atoms with E-state index in [-0.39, 0.29) is 6.04 Å². The number of halogens is 2. The normalized spacial score (nSPS) is 37.5. The molecule has 0 bridgehead atoms. The molecule has 0 aromatic heterocycles. The van der Waals surface area contributed by atoms with Crippen molar-refractivity contribution in [3.05, 3.63) is 0 Å². The SMILES string of the molecule is CC(F)(F)[C@@H]1C[C@H]1N. The number of hydrogen-bond donors (Lipinski definition) is 1. The zero-order valence-electron chi connectivity index (χ0n) is 4.70. The third kappa shape index (κ3) is 0.968. The van der Waals surface area contributed by atoms with Crippen LogP contribution in [0, 0.1) is 5.92 Å². The molecule has 0 heterocycles. The molecule has 1 aliphatic rings. The van der Waals surface area contributed by atoms with Crippen LogP contribution in [-0.4, -0.2) is 12.0 Å². The molecule has 0 unspecified atom stereocenters. The number of nitrogens with two attached hydrogens (primary N) is 1. The minimum absolute atomic E-state index is 0.241. The molecule has 1 saturated carbocycles. The molecule has 8 heavy (non-hydrogen) atoms. The average Bonchev–Trinajstić information content (AvgIpc) is 2.13. The van der Waals surface area contributed by atoms with Gasteiger partial charge in [0, 0.05) is 12.0 Å². The Labute approximate surface area is 46.9 Å². The van der Waals surface area contributed by atoms with E-state index >= 15 is 0 Å². The first-order chi connectivity index (χ1) is 3.52. The van der Waals surface area contributed by atoms with Crippen LogP contribution in [0.2, 0.25) is 0 Å². The van der Waals surface area contributed by atoms with E-state index in [0.717, 1.165) is 6.92 Å². The van der Waals surface area contributed by atoms with Gasteiger partial charge in [0.2, 0.25) is 5.92 Å². The highest BCUT2D eigenvalue weighted by molar-refractivity contribution is 4.97. The summed E-state index contributed by atoms with van der Waals surface area (Å²) in [6.07, 6.45) is 0.490. The first kappa shape index (κ1) is 5.95. The molecule has 0 amide bonds. The molecule has 2 atom stereocenters. The predicted molar refractivity (Wildman–Crippen MR) is 26.7 cm³/mol. The molecule has 0 spiro atoms. The quantitative estimate of drug-likeness (QED) is 0.550. The molecule has 1 aliphatic carbocycles. The maximum Gasteiger partial charge on any atom is 0.249 e. The van der Waals surface area contributed by atoms with Crippen LogP contribution in [0.15, 0.2) is 0 Å². The molecule has 2 N–H and O–H groups in total. The Balaban J connectivity index is 2.39. The Kier molecular flexibility index (Phi) is 1.05. The van der Waals surface area contributed by atoms with Crippen LogP contribution in [0.3, 0.4) is 0 Å². The van der Waals surface area contributed by atoms with E-state index in [2.05, 4.69) is 0 Å². The fourth-order valence-corrected chi connectivity index (χ4v) is 0.797. The summed E-state index contributed by atoms with van der Waals surface area (Å²) in [5.74, 6) is -3.08. The van der Waals surface area contributed by atoms with Crippen LogP contribution < -0.4 is 5.73 Å². The van der Waals surface area contributed by atoms with E-state index in [9.17, 15) is 8.78 Å². The van der Waals surface area contributed by atoms with Crippen molar-refractivity contribution in [2.24, 2.45) is 11.7 Å². The Bertz CT molecular complexity index is 97.1. The first-order valence-corrected chi connectivity index (χ1v) is 2.65. The van der Waals surface area contributed by atoms with Gasteiger partial charge in [-0.2, -0.15) is 0 Å². The zero-order chi connectivity index (χ0) is 6.36. The molecule has 0 radical (unpaired) electrons. The summed E-state index contributed by atoms with van der Waals surface area (Å²) in [4.78, 5) is 0. The van der Waals surface area contributed by atoms with E-state index in [0.29, 0.717) is 6.42 Å². The van der Waals surface area contributed by atoms with Gasteiger partial charge >= 0.3 is 0 Å². The van der Waals surface area contributed by atoms with E-state index in [4.69, 9.17) is 5.73 Å². The second-order valence-electron chi connectivity index (χ2n) is 2.46. The minimum atomic E-state index is -2.54. The zero-order valence-corrected chi connectivity index (χ0v) is 4.70. The minimum Gasteiger partial charge on any atom is -0.327 e. The van der Waals surface area contributed by atoms with Crippen LogP contribution in [0.1, 0.15) is 13.3 Å². The van der Waals surface area contributed by atoms with Crippen molar-refractivity contribution in [1.29, 1.82) is 0 Å². The van der Waals surface area contributed by atoms with E-state index in [1.54, 1.807) is 0 Å². The average molecular weight is 121 g/mol. The Morgan fingerprint density at radius 3 is 2.00 bits per heavy atom. The van der Waals surface area contributed by atoms with Crippen molar-refractivity contribution in [3.8, 4) is 0 Å². The third-order valence-electron chi connectivity index (χ3n) is 1.49. The molecule has 1 rings (SSSR count). The van der Waals surface area contributed by atoms with Crippen LogP contribution in [0.4, 0.5) is 8.78 Å². The summed E-state index contributed by atoms with van der Waals surface area (Å²) < 4.78 is 24.2. The molecule has 0 aliphatic heterocycles. The highest BCUT2D eigenvalue weighted by Crippen LogP contribution is 2.41. The summed E-state index contributed by atoms with van der Waals surface area (Å²) in [6, 6.07) is -0.241. The maximum absolute atomic E-state index is 12.1. The van der Waals surface area contributed by atoms with Crippen LogP contribution in [0.25, 0.3) is 0 Å². The molecule has 3 heteroatoms. The van der Waals surface area contributed by atoms with Gasteiger partial charge in [-0.15, -0.1) is 0 Å². The Hall–Kier alpha value is -0.180. The first-order valence-electron chi connectivity index (χ1n) is 2.65. The second kappa shape index (κ2) is 1.41. The lowest BCUT2D eigenvalue weighted by atomic mass is 10.2. The fourth-order valence-electron chi connectivity index (χ4n) is 0.797. The van der Waals surface area contributed by atoms with Crippen LogP contribution in [0.5, 0.6) is 0 Å². The van der Waals surface area contributed by atoms with Gasteiger partial charge in [-0.1, -0.05) is 0 Å². The topological polar surface area (TPSA) is 26.0 Å². The smallest absolute Gasteiger partial charge is 0.249 e. The largest absolute Gasteiger partial charge is 0.327 e. The maximum atomic E-state index is 12.1. The fraction of sp³-hybridized carbons (Fsp3) is 1.00. The van der Waals surface area contributed by atoms with Crippen LogP contribution >= 0.6 is 0 Å². The van der Waals surface area contributed by atoms with Gasteiger partial charge in [-0.3, -0.25) is 0 Å². The number of rotatable bonds is 1. The van der Waals surface area contributed by atoms with Gasteiger partial charge in [0.25, 0.3) is 0 Å². The highest BCUT2D eigenvalue weighted by atomic mass is 19.3. The second-order valence-corrected chi connectivity index (χ2v) is 2.46. The van der Waals surface area contributed by atoms with E-state index in [1.807, 2.05) is 0 Å². The molecule has 0 aromatic carbocycles. The lowest BCUT2D eigenvalue weighted by molar-refractivity contribution is -0.00363. The molecule has 48 valence electrons.